The highest BCUT2D eigenvalue weighted by Gasteiger charge is 2.09. The smallest absolute Gasteiger partial charge is 0.178 e. The molecule has 0 amide bonds. The van der Waals surface area contributed by atoms with Crippen LogP contribution in [0.1, 0.15) is 0 Å². The van der Waals surface area contributed by atoms with Crippen molar-refractivity contribution in [2.24, 2.45) is 0 Å². The van der Waals surface area contributed by atoms with Crippen LogP contribution in [0, 0.1) is 4.77 Å². The predicted molar refractivity (Wildman–Crippen MR) is 82.4 cm³/mol. The lowest BCUT2D eigenvalue weighted by molar-refractivity contribution is 0.523. The number of aromatic amines is 1. The number of para-hydroxylation sites is 1. The first kappa shape index (κ1) is 12.2. The lowest BCUT2D eigenvalue weighted by atomic mass is 10.2. The molecule has 3 heterocycles. The van der Waals surface area contributed by atoms with Crippen molar-refractivity contribution >= 4 is 34.2 Å². The van der Waals surface area contributed by atoms with Crippen molar-refractivity contribution in [1.29, 1.82) is 0 Å². The van der Waals surface area contributed by atoms with Crippen LogP contribution in [0.2, 0.25) is 0 Å². The normalized spacial score (nSPS) is 11.4. The number of H-pyrrole nitrogens is 1. The molecule has 104 valence electrons. The summed E-state index contributed by atoms with van der Waals surface area (Å²) in [4.78, 5) is 7.67. The minimum atomic E-state index is 0.697. The molecule has 1 N–H and O–H groups in total. The SMILES string of the molecule is S=c1[nH]c2cnc3ccccc3c2n1CCn1ccnn1. The van der Waals surface area contributed by atoms with E-state index < -0.39 is 0 Å². The van der Waals surface area contributed by atoms with Crippen LogP contribution in [-0.2, 0) is 13.1 Å². The Morgan fingerprint density at radius 1 is 1.19 bits per heavy atom. The second kappa shape index (κ2) is 4.78. The van der Waals surface area contributed by atoms with E-state index >= 15 is 0 Å². The molecule has 0 fully saturated rings. The molecule has 0 bridgehead atoms. The largest absolute Gasteiger partial charge is 0.329 e. The molecule has 0 saturated carbocycles. The molecule has 0 saturated heterocycles. The van der Waals surface area contributed by atoms with Gasteiger partial charge in [-0.2, -0.15) is 0 Å². The van der Waals surface area contributed by atoms with Crippen molar-refractivity contribution in [3.05, 3.63) is 47.6 Å². The molecule has 0 aliphatic carbocycles. The molecule has 0 spiro atoms. The number of aromatic nitrogens is 6. The topological polar surface area (TPSA) is 64.3 Å². The maximum atomic E-state index is 5.45. The van der Waals surface area contributed by atoms with Crippen LogP contribution in [0.25, 0.3) is 21.9 Å². The van der Waals surface area contributed by atoms with Gasteiger partial charge in [-0.15, -0.1) is 5.10 Å². The number of imidazole rings is 1. The van der Waals surface area contributed by atoms with Crippen molar-refractivity contribution in [3.63, 3.8) is 0 Å². The Bertz CT molecular complexity index is 966. The first-order valence-corrected chi connectivity index (χ1v) is 7.04. The van der Waals surface area contributed by atoms with Crippen molar-refractivity contribution in [1.82, 2.24) is 29.5 Å². The molecule has 0 aliphatic rings. The Kier molecular flexibility index (Phi) is 2.78. The molecule has 1 aromatic carbocycles. The standard InChI is InChI=1S/C14H12N6S/c21-14-17-12-9-15-11-4-2-1-3-10(11)13(12)20(14)8-7-19-6-5-16-18-19/h1-6,9H,7-8H2,(H,17,21). The summed E-state index contributed by atoms with van der Waals surface area (Å²) in [5.41, 5.74) is 3.01. The van der Waals surface area contributed by atoms with Gasteiger partial charge < -0.3 is 9.55 Å². The molecule has 4 aromatic rings. The van der Waals surface area contributed by atoms with E-state index in [2.05, 4.69) is 30.9 Å². The fourth-order valence-electron chi connectivity index (χ4n) is 2.56. The zero-order valence-electron chi connectivity index (χ0n) is 11.1. The number of aryl methyl sites for hydroxylation is 2. The molecule has 0 radical (unpaired) electrons. The fourth-order valence-corrected chi connectivity index (χ4v) is 2.85. The van der Waals surface area contributed by atoms with Crippen molar-refractivity contribution < 1.29 is 0 Å². The van der Waals surface area contributed by atoms with E-state index in [0.29, 0.717) is 4.77 Å². The maximum absolute atomic E-state index is 5.45. The second-order valence-electron chi connectivity index (χ2n) is 4.79. The molecule has 7 heteroatoms. The van der Waals surface area contributed by atoms with Gasteiger partial charge in [0.2, 0.25) is 0 Å². The van der Waals surface area contributed by atoms with Gasteiger partial charge in [-0.3, -0.25) is 9.67 Å². The lowest BCUT2D eigenvalue weighted by Crippen LogP contribution is -2.08. The Balaban J connectivity index is 1.88. The van der Waals surface area contributed by atoms with E-state index in [-0.39, 0.29) is 0 Å². The number of benzene rings is 1. The van der Waals surface area contributed by atoms with Crippen LogP contribution < -0.4 is 0 Å². The summed E-state index contributed by atoms with van der Waals surface area (Å²) in [6, 6.07) is 8.08. The summed E-state index contributed by atoms with van der Waals surface area (Å²) in [5.74, 6) is 0. The quantitative estimate of drug-likeness (QED) is 0.590. The summed E-state index contributed by atoms with van der Waals surface area (Å²) in [7, 11) is 0. The van der Waals surface area contributed by atoms with Crippen LogP contribution in [0.5, 0.6) is 0 Å². The second-order valence-corrected chi connectivity index (χ2v) is 5.17. The maximum Gasteiger partial charge on any atom is 0.178 e. The Morgan fingerprint density at radius 3 is 2.95 bits per heavy atom. The lowest BCUT2D eigenvalue weighted by Gasteiger charge is -2.06. The third kappa shape index (κ3) is 2.02. The van der Waals surface area contributed by atoms with Gasteiger partial charge in [0, 0.05) is 18.1 Å². The molecular formula is C14H12N6S. The van der Waals surface area contributed by atoms with E-state index in [4.69, 9.17) is 12.2 Å². The number of rotatable bonds is 3. The van der Waals surface area contributed by atoms with Gasteiger partial charge in [-0.1, -0.05) is 23.4 Å². The Hall–Kier alpha value is -2.54. The predicted octanol–water partition coefficient (Wildman–Crippen LogP) is 2.54. The van der Waals surface area contributed by atoms with Gasteiger partial charge in [0.05, 0.1) is 35.5 Å². The average Bonchev–Trinajstić information content (AvgIpc) is 3.12. The van der Waals surface area contributed by atoms with Crippen LogP contribution in [0.15, 0.2) is 42.9 Å². The summed E-state index contributed by atoms with van der Waals surface area (Å²) in [6.45, 7) is 1.45. The van der Waals surface area contributed by atoms with Crippen molar-refractivity contribution in [3.8, 4) is 0 Å². The Morgan fingerprint density at radius 2 is 2.10 bits per heavy atom. The zero-order chi connectivity index (χ0) is 14.2. The number of hydrogen-bond donors (Lipinski definition) is 1. The fraction of sp³-hybridized carbons (Fsp3) is 0.143. The molecule has 21 heavy (non-hydrogen) atoms. The number of nitrogens with zero attached hydrogens (tertiary/aromatic N) is 5. The van der Waals surface area contributed by atoms with Crippen LogP contribution in [0.3, 0.4) is 0 Å². The van der Waals surface area contributed by atoms with Gasteiger partial charge in [-0.05, 0) is 18.3 Å². The molecule has 3 aromatic heterocycles. The average molecular weight is 296 g/mol. The summed E-state index contributed by atoms with van der Waals surface area (Å²) < 4.78 is 4.59. The summed E-state index contributed by atoms with van der Waals surface area (Å²) in [5, 5.41) is 8.90. The van der Waals surface area contributed by atoms with Gasteiger partial charge >= 0.3 is 0 Å². The van der Waals surface area contributed by atoms with Gasteiger partial charge in [0.1, 0.15) is 0 Å². The first-order chi connectivity index (χ1) is 10.3. The summed E-state index contributed by atoms with van der Waals surface area (Å²) >= 11 is 5.45. The van der Waals surface area contributed by atoms with E-state index in [1.165, 1.54) is 0 Å². The van der Waals surface area contributed by atoms with Crippen LogP contribution in [0.4, 0.5) is 0 Å². The summed E-state index contributed by atoms with van der Waals surface area (Å²) in [6.07, 6.45) is 5.35. The first-order valence-electron chi connectivity index (χ1n) is 6.63. The minimum absolute atomic E-state index is 0.697. The van der Waals surface area contributed by atoms with Gasteiger partial charge in [-0.25, -0.2) is 0 Å². The Labute approximate surface area is 125 Å². The van der Waals surface area contributed by atoms with Crippen LogP contribution >= 0.6 is 12.2 Å². The molecule has 0 unspecified atom stereocenters. The number of nitrogens with one attached hydrogen (secondary N) is 1. The molecule has 0 atom stereocenters. The molecule has 6 nitrogen and oxygen atoms in total. The van der Waals surface area contributed by atoms with E-state index in [0.717, 1.165) is 35.0 Å². The monoisotopic (exact) mass is 296 g/mol. The van der Waals surface area contributed by atoms with Gasteiger partial charge in [0.15, 0.2) is 4.77 Å². The van der Waals surface area contributed by atoms with Crippen molar-refractivity contribution in [2.45, 2.75) is 13.1 Å². The highest BCUT2D eigenvalue weighted by Crippen LogP contribution is 2.23. The number of pyridine rings is 1. The molecular weight excluding hydrogens is 284 g/mol. The third-order valence-electron chi connectivity index (χ3n) is 3.53. The van der Waals surface area contributed by atoms with Crippen molar-refractivity contribution in [2.75, 3.05) is 0 Å². The number of hydrogen-bond acceptors (Lipinski definition) is 4. The van der Waals surface area contributed by atoms with E-state index in [1.54, 1.807) is 10.9 Å². The zero-order valence-corrected chi connectivity index (χ0v) is 11.9. The van der Waals surface area contributed by atoms with E-state index in [1.807, 2.05) is 30.6 Å². The molecule has 4 rings (SSSR count). The number of fused-ring (bicyclic) bond motifs is 3. The highest BCUT2D eigenvalue weighted by atomic mass is 32.1. The highest BCUT2D eigenvalue weighted by molar-refractivity contribution is 7.71. The third-order valence-corrected chi connectivity index (χ3v) is 3.85. The van der Waals surface area contributed by atoms with Gasteiger partial charge in [0.25, 0.3) is 0 Å². The van der Waals surface area contributed by atoms with E-state index in [9.17, 15) is 0 Å². The molecule has 0 aliphatic heterocycles. The minimum Gasteiger partial charge on any atom is -0.329 e. The van der Waals surface area contributed by atoms with Crippen LogP contribution in [-0.4, -0.2) is 29.5 Å².